The van der Waals surface area contributed by atoms with Gasteiger partial charge in [0.05, 0.1) is 23.9 Å². The van der Waals surface area contributed by atoms with E-state index in [1.54, 1.807) is 0 Å². The minimum Gasteiger partial charge on any atom is -0.397 e. The number of nitrogen functional groups attached to an aromatic ring is 1. The lowest BCUT2D eigenvalue weighted by Crippen LogP contribution is -2.14. The number of imidazole rings is 1. The second kappa shape index (κ2) is 4.06. The molecular formula is C9H9FN4O2S. The number of halogens is 1. The van der Waals surface area contributed by atoms with Crippen molar-refractivity contribution in [2.45, 2.75) is 5.03 Å². The number of benzene rings is 1. The zero-order chi connectivity index (χ0) is 12.5. The van der Waals surface area contributed by atoms with Gasteiger partial charge in [0.15, 0.2) is 5.03 Å². The molecule has 4 N–H and O–H groups in total. The Morgan fingerprint density at radius 3 is 2.82 bits per heavy atom. The van der Waals surface area contributed by atoms with Crippen LogP contribution in [0.3, 0.4) is 0 Å². The molecule has 0 unspecified atom stereocenters. The Hall–Kier alpha value is -2.09. The van der Waals surface area contributed by atoms with Crippen molar-refractivity contribution < 1.29 is 12.8 Å². The average Bonchev–Trinajstić information content (AvgIpc) is 2.77. The Kier molecular flexibility index (Phi) is 2.72. The number of aromatic nitrogens is 2. The van der Waals surface area contributed by atoms with Gasteiger partial charge in [-0.15, -0.1) is 0 Å². The fraction of sp³-hybridized carbons (Fsp3) is 0. The lowest BCUT2D eigenvalue weighted by molar-refractivity contribution is 0.598. The Morgan fingerprint density at radius 1 is 1.41 bits per heavy atom. The van der Waals surface area contributed by atoms with Crippen LogP contribution < -0.4 is 10.5 Å². The summed E-state index contributed by atoms with van der Waals surface area (Å²) in [4.78, 5) is 6.03. The smallest absolute Gasteiger partial charge is 0.279 e. The number of H-pyrrole nitrogens is 1. The van der Waals surface area contributed by atoms with Gasteiger partial charge in [-0.25, -0.2) is 9.37 Å². The Balaban J connectivity index is 2.36. The van der Waals surface area contributed by atoms with Crippen molar-refractivity contribution in [2.75, 3.05) is 10.5 Å². The van der Waals surface area contributed by atoms with Crippen LogP contribution in [-0.2, 0) is 10.0 Å². The zero-order valence-corrected chi connectivity index (χ0v) is 9.33. The summed E-state index contributed by atoms with van der Waals surface area (Å²) in [5.41, 5.74) is 5.65. The number of hydrogen-bond acceptors (Lipinski definition) is 4. The molecule has 17 heavy (non-hydrogen) atoms. The molecule has 0 amide bonds. The van der Waals surface area contributed by atoms with Crippen LogP contribution in [0.4, 0.5) is 15.8 Å². The highest BCUT2D eigenvalue weighted by atomic mass is 32.2. The summed E-state index contributed by atoms with van der Waals surface area (Å²) in [7, 11) is -3.82. The highest BCUT2D eigenvalue weighted by molar-refractivity contribution is 7.92. The van der Waals surface area contributed by atoms with Gasteiger partial charge < -0.3 is 10.7 Å². The summed E-state index contributed by atoms with van der Waals surface area (Å²) >= 11 is 0. The molecule has 0 fully saturated rings. The van der Waals surface area contributed by atoms with Crippen molar-refractivity contribution in [3.63, 3.8) is 0 Å². The molecule has 0 aliphatic rings. The molecule has 0 aliphatic heterocycles. The minimum atomic E-state index is -3.82. The number of aromatic amines is 1. The molecule has 1 aromatic carbocycles. The molecule has 90 valence electrons. The Morgan fingerprint density at radius 2 is 2.18 bits per heavy atom. The van der Waals surface area contributed by atoms with Crippen molar-refractivity contribution in [1.82, 2.24) is 9.97 Å². The maximum Gasteiger partial charge on any atom is 0.279 e. The van der Waals surface area contributed by atoms with Gasteiger partial charge in [-0.1, -0.05) is 0 Å². The number of sulfonamides is 1. The normalized spacial score (nSPS) is 11.4. The molecule has 0 radical (unpaired) electrons. The molecule has 0 bridgehead atoms. The third-order valence-electron chi connectivity index (χ3n) is 2.02. The largest absolute Gasteiger partial charge is 0.397 e. The lowest BCUT2D eigenvalue weighted by Gasteiger charge is -2.08. The van der Waals surface area contributed by atoms with E-state index in [2.05, 4.69) is 14.7 Å². The SMILES string of the molecule is Nc1ccc(F)cc1NS(=O)(=O)c1cnc[nH]1. The van der Waals surface area contributed by atoms with E-state index in [0.29, 0.717) is 0 Å². The molecule has 2 aromatic rings. The first-order valence-corrected chi connectivity index (χ1v) is 6.03. The van der Waals surface area contributed by atoms with Crippen molar-refractivity contribution in [3.8, 4) is 0 Å². The molecule has 0 atom stereocenters. The highest BCUT2D eigenvalue weighted by Gasteiger charge is 2.17. The molecule has 8 heteroatoms. The van der Waals surface area contributed by atoms with Crippen LogP contribution in [0.2, 0.25) is 0 Å². The number of anilines is 2. The van der Waals surface area contributed by atoms with E-state index in [4.69, 9.17) is 5.73 Å². The quantitative estimate of drug-likeness (QED) is 0.711. The molecule has 0 aliphatic carbocycles. The second-order valence-corrected chi connectivity index (χ2v) is 4.90. The van der Waals surface area contributed by atoms with Crippen LogP contribution in [0.5, 0.6) is 0 Å². The van der Waals surface area contributed by atoms with E-state index < -0.39 is 15.8 Å². The minimum absolute atomic E-state index is 0.0143. The van der Waals surface area contributed by atoms with Gasteiger partial charge in [0.2, 0.25) is 0 Å². The topological polar surface area (TPSA) is 101 Å². The number of rotatable bonds is 3. The highest BCUT2D eigenvalue weighted by Crippen LogP contribution is 2.22. The molecule has 0 spiro atoms. The van der Waals surface area contributed by atoms with Crippen molar-refractivity contribution in [1.29, 1.82) is 0 Å². The van der Waals surface area contributed by atoms with Gasteiger partial charge in [0.1, 0.15) is 5.82 Å². The number of hydrogen-bond donors (Lipinski definition) is 3. The fourth-order valence-electron chi connectivity index (χ4n) is 1.21. The Bertz CT molecular complexity index is 624. The third kappa shape index (κ3) is 2.36. The van der Waals surface area contributed by atoms with Crippen molar-refractivity contribution in [3.05, 3.63) is 36.5 Å². The summed E-state index contributed by atoms with van der Waals surface area (Å²) < 4.78 is 38.7. The van der Waals surface area contributed by atoms with Crippen LogP contribution in [-0.4, -0.2) is 18.4 Å². The Labute approximate surface area is 96.7 Å². The predicted molar refractivity (Wildman–Crippen MR) is 60.2 cm³/mol. The molecule has 2 rings (SSSR count). The molecule has 0 saturated carbocycles. The van der Waals surface area contributed by atoms with E-state index >= 15 is 0 Å². The number of nitrogens with one attached hydrogen (secondary N) is 2. The lowest BCUT2D eigenvalue weighted by atomic mass is 10.3. The number of nitrogens with zero attached hydrogens (tertiary/aromatic N) is 1. The van der Waals surface area contributed by atoms with Gasteiger partial charge >= 0.3 is 0 Å². The molecule has 6 nitrogen and oxygen atoms in total. The zero-order valence-electron chi connectivity index (χ0n) is 8.51. The van der Waals surface area contributed by atoms with E-state index in [-0.39, 0.29) is 16.4 Å². The van der Waals surface area contributed by atoms with Crippen LogP contribution in [0, 0.1) is 5.82 Å². The maximum absolute atomic E-state index is 13.0. The summed E-state index contributed by atoms with van der Waals surface area (Å²) in [6, 6.07) is 3.42. The van der Waals surface area contributed by atoms with Crippen LogP contribution in [0.25, 0.3) is 0 Å². The van der Waals surface area contributed by atoms with Gasteiger partial charge in [-0.05, 0) is 12.1 Å². The monoisotopic (exact) mass is 256 g/mol. The van der Waals surface area contributed by atoms with Crippen LogP contribution in [0.1, 0.15) is 0 Å². The fourth-order valence-corrected chi connectivity index (χ4v) is 2.19. The standard InChI is InChI=1S/C9H9FN4O2S/c10-6-1-2-7(11)8(3-6)14-17(15,16)9-4-12-5-13-9/h1-5,14H,11H2,(H,12,13). The van der Waals surface area contributed by atoms with Gasteiger partial charge in [0.25, 0.3) is 10.0 Å². The summed E-state index contributed by atoms with van der Waals surface area (Å²) in [5, 5.41) is -0.124. The third-order valence-corrected chi connectivity index (χ3v) is 3.31. The first kappa shape index (κ1) is 11.4. The van der Waals surface area contributed by atoms with Crippen LogP contribution in [0.15, 0.2) is 35.7 Å². The predicted octanol–water partition coefficient (Wildman–Crippen LogP) is 0.932. The first-order chi connectivity index (χ1) is 7.99. The van der Waals surface area contributed by atoms with Gasteiger partial charge in [0, 0.05) is 6.07 Å². The van der Waals surface area contributed by atoms with Gasteiger partial charge in [-0.2, -0.15) is 8.42 Å². The van der Waals surface area contributed by atoms with Crippen LogP contribution >= 0.6 is 0 Å². The van der Waals surface area contributed by atoms with E-state index in [1.807, 2.05) is 0 Å². The van der Waals surface area contributed by atoms with E-state index in [9.17, 15) is 12.8 Å². The van der Waals surface area contributed by atoms with Gasteiger partial charge in [-0.3, -0.25) is 4.72 Å². The van der Waals surface area contributed by atoms with Crippen molar-refractivity contribution >= 4 is 21.4 Å². The van der Waals surface area contributed by atoms with E-state index in [0.717, 1.165) is 18.3 Å². The average molecular weight is 256 g/mol. The molecule has 1 heterocycles. The second-order valence-electron chi connectivity index (χ2n) is 3.25. The summed E-state index contributed by atoms with van der Waals surface area (Å²) in [6.07, 6.45) is 2.36. The summed E-state index contributed by atoms with van der Waals surface area (Å²) in [5.74, 6) is -0.582. The molecule has 1 aromatic heterocycles. The summed E-state index contributed by atoms with van der Waals surface area (Å²) in [6.45, 7) is 0. The molecular weight excluding hydrogens is 247 g/mol. The van der Waals surface area contributed by atoms with E-state index in [1.165, 1.54) is 12.4 Å². The van der Waals surface area contributed by atoms with Crippen molar-refractivity contribution in [2.24, 2.45) is 0 Å². The maximum atomic E-state index is 13.0. The molecule has 0 saturated heterocycles. The number of nitrogens with two attached hydrogens (primary N) is 1. The first-order valence-electron chi connectivity index (χ1n) is 4.55.